The van der Waals surface area contributed by atoms with Gasteiger partial charge in [0.2, 0.25) is 0 Å². The van der Waals surface area contributed by atoms with Crippen molar-refractivity contribution in [1.82, 2.24) is 19.7 Å². The van der Waals surface area contributed by atoms with E-state index in [1.165, 1.54) is 19.4 Å². The summed E-state index contributed by atoms with van der Waals surface area (Å²) in [5.41, 5.74) is 6.85. The van der Waals surface area contributed by atoms with Gasteiger partial charge in [0.25, 0.3) is 0 Å². The normalized spacial score (nSPS) is 18.2. The Hall–Kier alpha value is -1.57. The highest BCUT2D eigenvalue weighted by Gasteiger charge is 2.24. The molecule has 1 unspecified atom stereocenters. The number of thioether (sulfide) groups is 1. The van der Waals surface area contributed by atoms with Gasteiger partial charge in [-0.05, 0) is 38.1 Å². The molecule has 1 aromatic carbocycles. The van der Waals surface area contributed by atoms with E-state index in [9.17, 15) is 0 Å². The summed E-state index contributed by atoms with van der Waals surface area (Å²) < 4.78 is 7.38. The summed E-state index contributed by atoms with van der Waals surface area (Å²) in [7, 11) is 1.67. The lowest BCUT2D eigenvalue weighted by molar-refractivity contribution is 0.287. The number of rotatable bonds is 7. The Morgan fingerprint density at radius 1 is 1.38 bits per heavy atom. The maximum atomic E-state index is 5.86. The summed E-state index contributed by atoms with van der Waals surface area (Å²) in [6.45, 7) is 4.91. The number of ether oxygens (including phenoxy) is 1. The van der Waals surface area contributed by atoms with Gasteiger partial charge in [-0.25, -0.2) is 0 Å². The molecule has 1 atom stereocenters. The van der Waals surface area contributed by atoms with Crippen molar-refractivity contribution in [2.24, 2.45) is 5.73 Å². The van der Waals surface area contributed by atoms with Crippen LogP contribution in [0, 0.1) is 0 Å². The van der Waals surface area contributed by atoms with Crippen LogP contribution in [0.25, 0.3) is 5.69 Å². The number of aromatic nitrogens is 3. The molecule has 2 heterocycles. The van der Waals surface area contributed by atoms with Gasteiger partial charge < -0.3 is 10.5 Å². The van der Waals surface area contributed by atoms with Gasteiger partial charge in [0, 0.05) is 17.9 Å². The topological polar surface area (TPSA) is 69.2 Å². The Morgan fingerprint density at radius 3 is 3.00 bits per heavy atom. The Labute approximate surface area is 147 Å². The summed E-state index contributed by atoms with van der Waals surface area (Å²) >= 11 is 1.76. The van der Waals surface area contributed by atoms with E-state index in [0.717, 1.165) is 34.7 Å². The Balaban J connectivity index is 1.82. The highest BCUT2D eigenvalue weighted by atomic mass is 32.2. The first-order valence-electron chi connectivity index (χ1n) is 8.42. The van der Waals surface area contributed by atoms with Crippen molar-refractivity contribution in [3.8, 4) is 11.4 Å². The quantitative estimate of drug-likeness (QED) is 0.775. The van der Waals surface area contributed by atoms with Gasteiger partial charge >= 0.3 is 0 Å². The number of nitrogens with two attached hydrogens (primary N) is 1. The van der Waals surface area contributed by atoms with E-state index in [1.54, 1.807) is 18.9 Å². The number of hydrogen-bond acceptors (Lipinski definition) is 6. The van der Waals surface area contributed by atoms with Crippen molar-refractivity contribution in [3.05, 3.63) is 30.1 Å². The first-order valence-corrected chi connectivity index (χ1v) is 9.41. The Morgan fingerprint density at radius 2 is 2.25 bits per heavy atom. The monoisotopic (exact) mass is 347 g/mol. The number of nitrogens with zero attached hydrogens (tertiary/aromatic N) is 4. The summed E-state index contributed by atoms with van der Waals surface area (Å²) in [5, 5.41) is 9.53. The second-order valence-electron chi connectivity index (χ2n) is 5.88. The molecule has 1 aliphatic heterocycles. The van der Waals surface area contributed by atoms with Crippen LogP contribution in [0.2, 0.25) is 0 Å². The smallest absolute Gasteiger partial charge is 0.195 e. The number of likely N-dealkylation sites (tertiary alicyclic amines) is 1. The van der Waals surface area contributed by atoms with E-state index >= 15 is 0 Å². The molecule has 3 rings (SSSR count). The zero-order valence-corrected chi connectivity index (χ0v) is 15.1. The van der Waals surface area contributed by atoms with Crippen LogP contribution >= 0.6 is 11.8 Å². The van der Waals surface area contributed by atoms with Gasteiger partial charge in [0.15, 0.2) is 11.0 Å². The van der Waals surface area contributed by atoms with Crippen LogP contribution in [-0.2, 0) is 6.54 Å². The maximum Gasteiger partial charge on any atom is 0.195 e. The average Bonchev–Trinajstić information content (AvgIpc) is 3.25. The molecule has 130 valence electrons. The average molecular weight is 347 g/mol. The number of benzene rings is 1. The second kappa shape index (κ2) is 8.00. The van der Waals surface area contributed by atoms with Crippen LogP contribution in [-0.4, -0.2) is 51.7 Å². The molecule has 7 heteroatoms. The van der Waals surface area contributed by atoms with Gasteiger partial charge in [-0.1, -0.05) is 24.8 Å². The highest BCUT2D eigenvalue weighted by Crippen LogP contribution is 2.28. The minimum absolute atomic E-state index is 0.356. The van der Waals surface area contributed by atoms with Crippen molar-refractivity contribution in [2.75, 3.05) is 26.0 Å². The molecule has 6 nitrogen and oxygen atoms in total. The van der Waals surface area contributed by atoms with E-state index < -0.39 is 0 Å². The molecule has 0 aliphatic carbocycles. The first-order chi connectivity index (χ1) is 11.8. The lowest BCUT2D eigenvalue weighted by Crippen LogP contribution is -2.31. The van der Waals surface area contributed by atoms with E-state index in [4.69, 9.17) is 10.5 Å². The van der Waals surface area contributed by atoms with Gasteiger partial charge in [-0.3, -0.25) is 9.47 Å². The van der Waals surface area contributed by atoms with Crippen LogP contribution in [0.15, 0.2) is 29.4 Å². The maximum absolute atomic E-state index is 5.86. The Kier molecular flexibility index (Phi) is 5.76. The minimum Gasteiger partial charge on any atom is -0.497 e. The molecule has 1 aromatic heterocycles. The molecule has 0 bridgehead atoms. The van der Waals surface area contributed by atoms with Crippen LogP contribution in [0.4, 0.5) is 0 Å². The molecule has 2 N–H and O–H groups in total. The van der Waals surface area contributed by atoms with Crippen LogP contribution in [0.1, 0.15) is 25.6 Å². The summed E-state index contributed by atoms with van der Waals surface area (Å²) in [5.74, 6) is 2.61. The predicted octanol–water partition coefficient (Wildman–Crippen LogP) is 2.31. The number of methoxy groups -OCH3 is 1. The minimum atomic E-state index is 0.356. The molecule has 0 saturated carbocycles. The van der Waals surface area contributed by atoms with E-state index in [2.05, 4.69) is 22.0 Å². The molecule has 2 aromatic rings. The molecule has 24 heavy (non-hydrogen) atoms. The third-order valence-corrected chi connectivity index (χ3v) is 5.58. The third kappa shape index (κ3) is 3.58. The fourth-order valence-electron chi connectivity index (χ4n) is 3.21. The molecule has 0 spiro atoms. The molecule has 0 radical (unpaired) electrons. The lowest BCUT2D eigenvalue weighted by atomic mass is 10.2. The summed E-state index contributed by atoms with van der Waals surface area (Å²) in [4.78, 5) is 2.54. The molecular formula is C17H25N5OS. The van der Waals surface area contributed by atoms with Crippen molar-refractivity contribution >= 4 is 11.8 Å². The summed E-state index contributed by atoms with van der Waals surface area (Å²) in [6.07, 6.45) is 2.55. The second-order valence-corrected chi connectivity index (χ2v) is 6.86. The predicted molar refractivity (Wildman–Crippen MR) is 96.8 cm³/mol. The molecule has 1 fully saturated rings. The first kappa shape index (κ1) is 17.3. The van der Waals surface area contributed by atoms with Crippen molar-refractivity contribution in [3.63, 3.8) is 0 Å². The van der Waals surface area contributed by atoms with Gasteiger partial charge in [0.1, 0.15) is 5.75 Å². The van der Waals surface area contributed by atoms with Crippen LogP contribution < -0.4 is 10.5 Å². The molecular weight excluding hydrogens is 322 g/mol. The van der Waals surface area contributed by atoms with Crippen LogP contribution in [0.5, 0.6) is 5.75 Å². The molecule has 1 saturated heterocycles. The molecule has 1 aliphatic rings. The lowest BCUT2D eigenvalue weighted by Gasteiger charge is -2.22. The molecule has 0 amide bonds. The summed E-state index contributed by atoms with van der Waals surface area (Å²) in [6, 6.07) is 8.54. The van der Waals surface area contributed by atoms with E-state index in [1.807, 2.05) is 28.8 Å². The largest absolute Gasteiger partial charge is 0.497 e. The Bertz CT molecular complexity index is 675. The third-order valence-electron chi connectivity index (χ3n) is 4.50. The van der Waals surface area contributed by atoms with Gasteiger partial charge in [0.05, 0.1) is 19.3 Å². The fourth-order valence-corrected chi connectivity index (χ4v) is 4.36. The van der Waals surface area contributed by atoms with Crippen molar-refractivity contribution < 1.29 is 4.74 Å². The van der Waals surface area contributed by atoms with Crippen molar-refractivity contribution in [1.29, 1.82) is 0 Å². The zero-order valence-electron chi connectivity index (χ0n) is 14.3. The standard InChI is InChI=1S/C17H25N5OS/c1-3-21-9-5-7-14(21)12-24-17-20-19-16(11-18)22(17)13-6-4-8-15(10-13)23-2/h4,6,8,10,14H,3,5,7,9,11-12,18H2,1-2H3. The van der Waals surface area contributed by atoms with Crippen LogP contribution in [0.3, 0.4) is 0 Å². The van der Waals surface area contributed by atoms with E-state index in [0.29, 0.717) is 12.6 Å². The zero-order chi connectivity index (χ0) is 16.9. The van der Waals surface area contributed by atoms with Crippen molar-refractivity contribution in [2.45, 2.75) is 37.5 Å². The SMILES string of the molecule is CCN1CCCC1CSc1nnc(CN)n1-c1cccc(OC)c1. The van der Waals surface area contributed by atoms with Gasteiger partial charge in [-0.2, -0.15) is 0 Å². The van der Waals surface area contributed by atoms with Gasteiger partial charge in [-0.15, -0.1) is 10.2 Å². The fraction of sp³-hybridized carbons (Fsp3) is 0.529. The van der Waals surface area contributed by atoms with E-state index in [-0.39, 0.29) is 0 Å². The highest BCUT2D eigenvalue weighted by molar-refractivity contribution is 7.99. The number of hydrogen-bond donors (Lipinski definition) is 1.